The maximum absolute atomic E-state index is 13.3. The molecule has 0 bridgehead atoms. The van der Waals surface area contributed by atoms with Crippen molar-refractivity contribution < 1.29 is 44.4 Å². The third kappa shape index (κ3) is 2.21. The van der Waals surface area contributed by atoms with Gasteiger partial charge in [-0.15, -0.1) is 0 Å². The Kier molecular flexibility index (Phi) is 4.09. The van der Waals surface area contributed by atoms with Gasteiger partial charge < -0.3 is 26.2 Å². The molecular weight excluding hydrogens is 398 g/mol. The Balaban J connectivity index is 1.92. The first-order valence-electron chi connectivity index (χ1n) is 9.27. The highest BCUT2D eigenvalue weighted by molar-refractivity contribution is 6.29. The van der Waals surface area contributed by atoms with Crippen LogP contribution in [0.3, 0.4) is 0 Å². The molecule has 0 spiro atoms. The zero-order chi connectivity index (χ0) is 22.3. The summed E-state index contributed by atoms with van der Waals surface area (Å²) in [6.07, 6.45) is -2.63. The first-order chi connectivity index (χ1) is 13.9. The summed E-state index contributed by atoms with van der Waals surface area (Å²) < 4.78 is 0. The van der Waals surface area contributed by atoms with Crippen LogP contribution in [0.5, 0.6) is 5.75 Å². The van der Waals surface area contributed by atoms with Crippen molar-refractivity contribution in [3.05, 3.63) is 29.3 Å². The molecular formula is C20H19NO9. The highest BCUT2D eigenvalue weighted by atomic mass is 16.3. The van der Waals surface area contributed by atoms with Crippen molar-refractivity contribution >= 4 is 29.0 Å². The number of phenols is 1. The average Bonchev–Trinajstić information content (AvgIpc) is 2.66. The lowest BCUT2D eigenvalue weighted by molar-refractivity contribution is -0.190. The summed E-state index contributed by atoms with van der Waals surface area (Å²) >= 11 is 0. The summed E-state index contributed by atoms with van der Waals surface area (Å²) in [6.45, 7) is 1.30. The molecule has 2 fully saturated rings. The maximum atomic E-state index is 13.3. The lowest BCUT2D eigenvalue weighted by Crippen LogP contribution is -2.73. The fraction of sp³-hybridized carbons (Fsp3) is 0.450. The normalized spacial score (nSPS) is 40.5. The number of Topliss-reactive ketones (excluding diaryl/α,β-unsaturated/α-hetero) is 4. The van der Waals surface area contributed by atoms with Gasteiger partial charge in [-0.2, -0.15) is 0 Å². The molecule has 0 aliphatic heterocycles. The number of primary amides is 1. The first kappa shape index (κ1) is 20.3. The lowest BCUT2D eigenvalue weighted by Gasteiger charge is -2.52. The molecule has 0 radical (unpaired) electrons. The number of aliphatic hydroxyl groups excluding tert-OH is 1. The number of nitrogens with two attached hydrogens (primary N) is 1. The molecule has 7 atom stereocenters. The van der Waals surface area contributed by atoms with Gasteiger partial charge in [-0.1, -0.05) is 12.1 Å². The summed E-state index contributed by atoms with van der Waals surface area (Å²) in [5, 5.41) is 42.5. The van der Waals surface area contributed by atoms with Crippen LogP contribution in [0.25, 0.3) is 0 Å². The van der Waals surface area contributed by atoms with E-state index >= 15 is 0 Å². The molecule has 1 amide bonds. The van der Waals surface area contributed by atoms with E-state index < -0.39 is 82.2 Å². The Bertz CT molecular complexity index is 1040. The van der Waals surface area contributed by atoms with Crippen LogP contribution in [0.1, 0.15) is 29.3 Å². The fourth-order valence-corrected chi connectivity index (χ4v) is 5.23. The Labute approximate surface area is 169 Å². The fourth-order valence-electron chi connectivity index (χ4n) is 5.23. The van der Waals surface area contributed by atoms with Gasteiger partial charge in [0.05, 0.1) is 23.0 Å². The van der Waals surface area contributed by atoms with Gasteiger partial charge in [0, 0.05) is 5.92 Å². The summed E-state index contributed by atoms with van der Waals surface area (Å²) in [4.78, 5) is 63.6. The number of aromatic hydroxyl groups is 1. The predicted octanol–water partition coefficient (Wildman–Crippen LogP) is -2.04. The van der Waals surface area contributed by atoms with Crippen LogP contribution in [-0.2, 0) is 24.8 Å². The first-order valence-corrected chi connectivity index (χ1v) is 9.27. The molecule has 6 N–H and O–H groups in total. The molecule has 158 valence electrons. The zero-order valence-corrected chi connectivity index (χ0v) is 15.7. The van der Waals surface area contributed by atoms with E-state index in [1.807, 2.05) is 0 Å². The number of phenolic OH excluding ortho intramolecular Hbond substituents is 1. The van der Waals surface area contributed by atoms with Gasteiger partial charge in [0.25, 0.3) is 0 Å². The second-order valence-electron chi connectivity index (χ2n) is 8.31. The van der Waals surface area contributed by atoms with Crippen LogP contribution >= 0.6 is 0 Å². The second-order valence-corrected chi connectivity index (χ2v) is 8.31. The van der Waals surface area contributed by atoms with Crippen molar-refractivity contribution in [1.29, 1.82) is 0 Å². The monoisotopic (exact) mass is 417 g/mol. The molecule has 30 heavy (non-hydrogen) atoms. The maximum Gasteiger partial charge on any atom is 0.231 e. The van der Waals surface area contributed by atoms with Crippen molar-refractivity contribution in [3.63, 3.8) is 0 Å². The number of amides is 1. The van der Waals surface area contributed by atoms with Gasteiger partial charge in [-0.3, -0.25) is 24.0 Å². The molecule has 0 heterocycles. The van der Waals surface area contributed by atoms with Crippen molar-refractivity contribution in [2.24, 2.45) is 29.4 Å². The number of carbonyl (C=O) groups excluding carboxylic acids is 5. The van der Waals surface area contributed by atoms with E-state index in [-0.39, 0.29) is 11.1 Å². The van der Waals surface area contributed by atoms with Crippen molar-refractivity contribution in [2.45, 2.75) is 30.7 Å². The number of rotatable bonds is 1. The number of fused-ring (bicyclic) bond motifs is 3. The van der Waals surface area contributed by atoms with Crippen LogP contribution in [0, 0.1) is 23.7 Å². The van der Waals surface area contributed by atoms with Crippen LogP contribution < -0.4 is 5.73 Å². The Hall–Kier alpha value is -2.95. The van der Waals surface area contributed by atoms with Gasteiger partial charge in [0.1, 0.15) is 17.8 Å². The number of ketones is 4. The van der Waals surface area contributed by atoms with Gasteiger partial charge in [-0.05, 0) is 25.0 Å². The Morgan fingerprint density at radius 3 is 2.37 bits per heavy atom. The summed E-state index contributed by atoms with van der Waals surface area (Å²) in [5.74, 6) is -13.6. The SMILES string of the molecule is C[C@@]1(O)c2cccc(O)c2C(=O)C2C(=O)[C@]3(O)C(=O)C(C(N)=O)C(O)C(=O)C3CC21. The highest BCUT2D eigenvalue weighted by Crippen LogP contribution is 2.54. The Morgan fingerprint density at radius 2 is 1.77 bits per heavy atom. The minimum absolute atomic E-state index is 0.0390. The minimum Gasteiger partial charge on any atom is -0.507 e. The van der Waals surface area contributed by atoms with Gasteiger partial charge >= 0.3 is 0 Å². The smallest absolute Gasteiger partial charge is 0.231 e. The van der Waals surface area contributed by atoms with Crippen LogP contribution in [0.2, 0.25) is 0 Å². The van der Waals surface area contributed by atoms with Gasteiger partial charge in [0.15, 0.2) is 28.7 Å². The molecule has 0 saturated heterocycles. The molecule has 10 nitrogen and oxygen atoms in total. The number of hydrogen-bond donors (Lipinski definition) is 5. The van der Waals surface area contributed by atoms with Crippen LogP contribution in [0.4, 0.5) is 0 Å². The van der Waals surface area contributed by atoms with Crippen LogP contribution in [0.15, 0.2) is 18.2 Å². The van der Waals surface area contributed by atoms with E-state index in [0.717, 1.165) is 0 Å². The van der Waals surface area contributed by atoms with E-state index in [4.69, 9.17) is 5.73 Å². The second kappa shape index (κ2) is 6.03. The largest absolute Gasteiger partial charge is 0.507 e. The molecule has 2 saturated carbocycles. The zero-order valence-electron chi connectivity index (χ0n) is 15.7. The summed E-state index contributed by atoms with van der Waals surface area (Å²) in [5.41, 5.74) is -0.120. The molecule has 10 heteroatoms. The molecule has 3 aliphatic rings. The molecule has 3 aliphatic carbocycles. The van der Waals surface area contributed by atoms with Gasteiger partial charge in [-0.25, -0.2) is 0 Å². The Morgan fingerprint density at radius 1 is 1.13 bits per heavy atom. The number of carbonyl (C=O) groups is 5. The van der Waals surface area contributed by atoms with Gasteiger partial charge in [0.2, 0.25) is 5.91 Å². The average molecular weight is 417 g/mol. The summed E-state index contributed by atoms with van der Waals surface area (Å²) in [6, 6.07) is 3.97. The van der Waals surface area contributed by atoms with Crippen molar-refractivity contribution in [3.8, 4) is 5.75 Å². The summed E-state index contributed by atoms with van der Waals surface area (Å²) in [7, 11) is 0. The number of hydrogen-bond acceptors (Lipinski definition) is 9. The topological polar surface area (TPSA) is 192 Å². The molecule has 5 unspecified atom stereocenters. The van der Waals surface area contributed by atoms with E-state index in [1.165, 1.54) is 25.1 Å². The van der Waals surface area contributed by atoms with E-state index in [1.54, 1.807) is 0 Å². The van der Waals surface area contributed by atoms with Crippen LogP contribution in [-0.4, -0.2) is 61.2 Å². The predicted molar refractivity (Wildman–Crippen MR) is 95.8 cm³/mol. The standard InChI is InChI=1S/C20H19NO9/c1-19(29)6-3-2-4-9(22)10(6)14(24)11-7(19)5-8-13(23)15(25)12(18(21)28)17(27)20(8,30)16(11)26/h2-4,7-8,11-12,15,22,25,29-30H,5H2,1H3,(H2,21,28)/t7?,8?,11?,12?,15?,19-,20+/m1/s1. The molecule has 1 aromatic rings. The highest BCUT2D eigenvalue weighted by Gasteiger charge is 2.71. The molecule has 0 aromatic heterocycles. The third-order valence-electron chi connectivity index (χ3n) is 6.81. The van der Waals surface area contributed by atoms with E-state index in [0.29, 0.717) is 0 Å². The van der Waals surface area contributed by atoms with E-state index in [9.17, 15) is 44.4 Å². The third-order valence-corrected chi connectivity index (χ3v) is 6.81. The minimum atomic E-state index is -3.05. The van der Waals surface area contributed by atoms with Crippen molar-refractivity contribution in [1.82, 2.24) is 0 Å². The van der Waals surface area contributed by atoms with E-state index in [2.05, 4.69) is 0 Å². The molecule has 4 rings (SSSR count). The lowest BCUT2D eigenvalue weighted by atomic mass is 9.50. The quantitative estimate of drug-likeness (QED) is 0.320. The van der Waals surface area contributed by atoms with Crippen molar-refractivity contribution in [2.75, 3.05) is 0 Å². The number of aliphatic hydroxyl groups is 3. The molecule has 1 aromatic carbocycles. The number of benzene rings is 1.